The molecule has 0 fully saturated rings. The van der Waals surface area contributed by atoms with Gasteiger partial charge in [-0.25, -0.2) is 0 Å². The number of carbonyl (C=O) groups is 1. The summed E-state index contributed by atoms with van der Waals surface area (Å²) in [5.74, 6) is -1.07. The third kappa shape index (κ3) is 6.34. The minimum atomic E-state index is -4.91. The zero-order valence-electron chi connectivity index (χ0n) is 10.6. The molecular formula is C7H14LiO8PS. The van der Waals surface area contributed by atoms with Gasteiger partial charge in [-0.05, 0) is 13.8 Å². The Morgan fingerprint density at radius 3 is 2.17 bits per heavy atom. The van der Waals surface area contributed by atoms with Crippen LogP contribution < -0.4 is 23.8 Å². The normalized spacial score (nSPS) is 16.2. The maximum absolute atomic E-state index is 11.5. The first-order chi connectivity index (χ1) is 7.67. The number of esters is 1. The second kappa shape index (κ2) is 8.33. The number of hydrogen-bond donors (Lipinski definition) is 0. The predicted molar refractivity (Wildman–Crippen MR) is 55.3 cm³/mol. The van der Waals surface area contributed by atoms with Gasteiger partial charge in [0.15, 0.2) is 7.60 Å². The molecule has 2 unspecified atom stereocenters. The Balaban J connectivity index is 0. The van der Waals surface area contributed by atoms with E-state index in [0.29, 0.717) is 0 Å². The fourth-order valence-corrected chi connectivity index (χ4v) is 3.97. The molecule has 0 bridgehead atoms. The molecule has 2 atom stereocenters. The average molecular weight is 296 g/mol. The monoisotopic (exact) mass is 296 g/mol. The number of ether oxygens (including phenoxy) is 1. The summed E-state index contributed by atoms with van der Waals surface area (Å²) in [6.45, 7) is 3.01. The Morgan fingerprint density at radius 1 is 1.33 bits per heavy atom. The summed E-state index contributed by atoms with van der Waals surface area (Å²) in [4.78, 5) is 22.2. The largest absolute Gasteiger partial charge is 1.00 e. The summed E-state index contributed by atoms with van der Waals surface area (Å²) in [7, 11) is -9.50. The van der Waals surface area contributed by atoms with Crippen LogP contribution in [0.25, 0.3) is 0 Å². The molecule has 0 heterocycles. The van der Waals surface area contributed by atoms with E-state index in [9.17, 15) is 22.7 Å². The van der Waals surface area contributed by atoms with Crippen LogP contribution in [-0.2, 0) is 32.9 Å². The van der Waals surface area contributed by atoms with E-state index in [1.54, 1.807) is 0 Å². The predicted octanol–water partition coefficient (Wildman–Crippen LogP) is -3.21. The van der Waals surface area contributed by atoms with Gasteiger partial charge in [-0.2, -0.15) is 8.42 Å². The zero-order chi connectivity index (χ0) is 13.7. The molecule has 0 aliphatic heterocycles. The average Bonchev–Trinajstić information content (AvgIpc) is 2.13. The van der Waals surface area contributed by atoms with Crippen molar-refractivity contribution in [3.05, 3.63) is 0 Å². The van der Waals surface area contributed by atoms with Crippen molar-refractivity contribution in [3.63, 3.8) is 0 Å². The van der Waals surface area contributed by atoms with Gasteiger partial charge in [0.05, 0.1) is 13.2 Å². The third-order valence-corrected chi connectivity index (χ3v) is 5.31. The van der Waals surface area contributed by atoms with Crippen molar-refractivity contribution in [2.75, 3.05) is 13.2 Å². The van der Waals surface area contributed by atoms with Gasteiger partial charge < -0.3 is 18.7 Å². The quantitative estimate of drug-likeness (QED) is 0.208. The summed E-state index contributed by atoms with van der Waals surface area (Å²) in [6.07, 6.45) is 0. The minimum absolute atomic E-state index is 0. The third-order valence-electron chi connectivity index (χ3n) is 1.36. The van der Waals surface area contributed by atoms with Gasteiger partial charge in [0.1, 0.15) is 0 Å². The molecule has 0 radical (unpaired) electrons. The van der Waals surface area contributed by atoms with Gasteiger partial charge in [-0.3, -0.25) is 8.98 Å². The van der Waals surface area contributed by atoms with E-state index < -0.39 is 28.9 Å². The van der Waals surface area contributed by atoms with Gasteiger partial charge in [-0.15, -0.1) is 0 Å². The Morgan fingerprint density at radius 2 is 1.83 bits per heavy atom. The van der Waals surface area contributed by atoms with Crippen molar-refractivity contribution in [1.29, 1.82) is 0 Å². The topological polar surface area (TPSA) is 119 Å². The Bertz CT molecular complexity index is 408. The van der Waals surface area contributed by atoms with Crippen LogP contribution in [0, 0.1) is 0 Å². The molecule has 0 N–H and O–H groups in total. The first-order valence-electron chi connectivity index (χ1n) is 4.68. The first-order valence-corrected chi connectivity index (χ1v) is 7.76. The maximum Gasteiger partial charge on any atom is 1.00 e. The summed E-state index contributed by atoms with van der Waals surface area (Å²) in [6, 6.07) is 0. The van der Waals surface area contributed by atoms with Crippen LogP contribution in [-0.4, -0.2) is 32.8 Å². The van der Waals surface area contributed by atoms with Crippen molar-refractivity contribution in [1.82, 2.24) is 0 Å². The van der Waals surface area contributed by atoms with Gasteiger partial charge in [0.2, 0.25) is 0 Å². The van der Waals surface area contributed by atoms with Crippen molar-refractivity contribution in [3.8, 4) is 0 Å². The molecule has 8 nitrogen and oxygen atoms in total. The molecular weight excluding hydrogens is 282 g/mol. The van der Waals surface area contributed by atoms with Crippen molar-refractivity contribution in [2.24, 2.45) is 0 Å². The number of rotatable bonds is 7. The zero-order valence-corrected chi connectivity index (χ0v) is 12.3. The molecule has 11 heteroatoms. The van der Waals surface area contributed by atoms with Gasteiger partial charge in [-0.1, -0.05) is 0 Å². The summed E-state index contributed by atoms with van der Waals surface area (Å²) < 4.78 is 47.1. The Labute approximate surface area is 118 Å². The van der Waals surface area contributed by atoms with Gasteiger partial charge in [0.25, 0.3) is 5.18 Å². The van der Waals surface area contributed by atoms with Crippen molar-refractivity contribution < 1.29 is 55.0 Å². The first kappa shape index (κ1) is 20.4. The fraction of sp³-hybridized carbons (Fsp3) is 0.857. The maximum atomic E-state index is 11.5. The van der Waals surface area contributed by atoms with Crippen LogP contribution in [0.1, 0.15) is 20.8 Å². The Hall–Kier alpha value is 0.127. The number of carbonyl (C=O) groups excluding carboxylic acids is 1. The summed E-state index contributed by atoms with van der Waals surface area (Å²) >= 11 is 0. The van der Waals surface area contributed by atoms with Crippen LogP contribution in [0.2, 0.25) is 0 Å². The van der Waals surface area contributed by atoms with E-state index in [4.69, 9.17) is 0 Å². The van der Waals surface area contributed by atoms with Crippen LogP contribution >= 0.6 is 7.60 Å². The van der Waals surface area contributed by atoms with Crippen LogP contribution in [0.3, 0.4) is 0 Å². The molecule has 0 rings (SSSR count). The van der Waals surface area contributed by atoms with Crippen LogP contribution in [0.5, 0.6) is 0 Å². The van der Waals surface area contributed by atoms with Gasteiger partial charge in [0, 0.05) is 6.92 Å². The van der Waals surface area contributed by atoms with E-state index in [1.807, 2.05) is 0 Å². The van der Waals surface area contributed by atoms with Crippen LogP contribution in [0.4, 0.5) is 0 Å². The molecule has 0 aromatic heterocycles. The van der Waals surface area contributed by atoms with E-state index in [1.165, 1.54) is 13.8 Å². The molecule has 0 amide bonds. The van der Waals surface area contributed by atoms with Gasteiger partial charge >= 0.3 is 34.9 Å². The molecule has 0 saturated carbocycles. The van der Waals surface area contributed by atoms with E-state index in [-0.39, 0.29) is 32.1 Å². The molecule has 0 aliphatic carbocycles. The Kier molecular flexibility index (Phi) is 9.46. The molecule has 0 spiro atoms. The summed E-state index contributed by atoms with van der Waals surface area (Å²) in [5.41, 5.74) is 0. The number of hydrogen-bond acceptors (Lipinski definition) is 8. The molecule has 0 aromatic carbocycles. The fourth-order valence-electron chi connectivity index (χ4n) is 0.887. The molecule has 0 aromatic rings. The van der Waals surface area contributed by atoms with Crippen molar-refractivity contribution in [2.45, 2.75) is 25.9 Å². The molecule has 102 valence electrons. The van der Waals surface area contributed by atoms with E-state index in [0.717, 1.165) is 6.92 Å². The SMILES string of the molecule is CCOP(=O)([O-])C(OC(C)=O)S(=O)(=O)OCC.[Li+]. The second-order valence-electron chi connectivity index (χ2n) is 2.77. The van der Waals surface area contributed by atoms with E-state index in [2.05, 4.69) is 13.4 Å². The smallest absolute Gasteiger partial charge is 0.775 e. The van der Waals surface area contributed by atoms with Crippen molar-refractivity contribution >= 4 is 23.7 Å². The molecule has 18 heavy (non-hydrogen) atoms. The van der Waals surface area contributed by atoms with E-state index >= 15 is 0 Å². The minimum Gasteiger partial charge on any atom is -0.775 e. The molecule has 0 aliphatic rings. The standard InChI is InChI=1S/C7H15O8PS.Li/c1-4-13-16(9,10)7(15-6(3)8)17(11,12)14-5-2;/h7H,4-5H2,1-3H3,(H,9,10);/q;+1/p-1. The van der Waals surface area contributed by atoms with Crippen LogP contribution in [0.15, 0.2) is 0 Å². The molecule has 0 saturated heterocycles. The summed E-state index contributed by atoms with van der Waals surface area (Å²) in [5, 5.41) is -2.48. The second-order valence-corrected chi connectivity index (χ2v) is 6.58.